The largest absolute Gasteiger partial charge is 0.353 e. The fourth-order valence-electron chi connectivity index (χ4n) is 2.78. The molecule has 11 nitrogen and oxygen atoms in total. The van der Waals surface area contributed by atoms with E-state index in [-0.39, 0.29) is 23.3 Å². The molecule has 2 aromatic carbocycles. The second kappa shape index (κ2) is 7.39. The molecular formula is C16H15N4O7P. The molecule has 0 amide bonds. The highest BCUT2D eigenvalue weighted by Gasteiger charge is 2.24. The van der Waals surface area contributed by atoms with Crippen LogP contribution in [0.1, 0.15) is 5.56 Å². The smallest absolute Gasteiger partial charge is 0.344 e. The molecule has 12 heteroatoms. The first-order valence-electron chi connectivity index (χ1n) is 7.92. The molecule has 0 radical (unpaired) electrons. The van der Waals surface area contributed by atoms with Crippen LogP contribution in [0.2, 0.25) is 0 Å². The van der Waals surface area contributed by atoms with Crippen molar-refractivity contribution < 1.29 is 19.3 Å². The summed E-state index contributed by atoms with van der Waals surface area (Å²) in [5.74, 6) is 0. The molecule has 3 rings (SSSR count). The molecule has 1 heterocycles. The van der Waals surface area contributed by atoms with E-state index in [1.165, 1.54) is 4.90 Å². The number of anilines is 1. The van der Waals surface area contributed by atoms with Crippen LogP contribution in [0.3, 0.4) is 0 Å². The highest BCUT2D eigenvalue weighted by Crippen LogP contribution is 2.39. The number of nitro benzene ring substituents is 1. The molecule has 0 saturated heterocycles. The van der Waals surface area contributed by atoms with E-state index in [4.69, 9.17) is 0 Å². The van der Waals surface area contributed by atoms with E-state index in [2.05, 4.69) is 9.97 Å². The van der Waals surface area contributed by atoms with E-state index in [9.17, 15) is 34.1 Å². The van der Waals surface area contributed by atoms with Crippen LogP contribution in [0.15, 0.2) is 52.1 Å². The number of benzene rings is 2. The maximum atomic E-state index is 11.8. The standard InChI is InChI=1S/C16H15N4O7P/c21-15-16(22)18-14-12(17-15)6-11(20(23)24)7-13(14)19(9-28(25,26)27)8-10-4-2-1-3-5-10/h1-7H,8-9H2,(H,17,21)(H,18,22)(H2,25,26,27). The Bertz CT molecular complexity index is 1200. The highest BCUT2D eigenvalue weighted by atomic mass is 31.2. The molecule has 0 aliphatic heterocycles. The number of aromatic amines is 2. The zero-order chi connectivity index (χ0) is 20.5. The number of fused-ring (bicyclic) bond motifs is 1. The predicted octanol–water partition coefficient (Wildman–Crippen LogP) is 1.27. The van der Waals surface area contributed by atoms with Crippen LogP contribution in [-0.2, 0) is 11.1 Å². The first kappa shape index (κ1) is 19.5. The van der Waals surface area contributed by atoms with Crippen molar-refractivity contribution in [3.63, 3.8) is 0 Å². The van der Waals surface area contributed by atoms with Gasteiger partial charge in [-0.25, -0.2) is 0 Å². The summed E-state index contributed by atoms with van der Waals surface area (Å²) < 4.78 is 11.7. The Balaban J connectivity index is 2.26. The fraction of sp³-hybridized carbons (Fsp3) is 0.125. The second-order valence-corrected chi connectivity index (χ2v) is 7.65. The van der Waals surface area contributed by atoms with E-state index in [1.54, 1.807) is 30.3 Å². The van der Waals surface area contributed by atoms with Gasteiger partial charge in [-0.15, -0.1) is 0 Å². The number of hydrogen-bond donors (Lipinski definition) is 4. The Hall–Kier alpha value is -3.27. The third-order valence-electron chi connectivity index (χ3n) is 3.92. The summed E-state index contributed by atoms with van der Waals surface area (Å²) in [6.07, 6.45) is -0.751. The van der Waals surface area contributed by atoms with Crippen molar-refractivity contribution in [3.05, 3.63) is 78.8 Å². The third-order valence-corrected chi connectivity index (χ3v) is 4.63. The van der Waals surface area contributed by atoms with Crippen molar-refractivity contribution in [1.82, 2.24) is 9.97 Å². The number of rotatable bonds is 6. The number of nitrogens with one attached hydrogen (secondary N) is 2. The van der Waals surface area contributed by atoms with Crippen molar-refractivity contribution >= 4 is 30.0 Å². The molecule has 0 spiro atoms. The molecule has 3 aromatic rings. The Morgan fingerprint density at radius 1 is 1.07 bits per heavy atom. The molecule has 0 saturated carbocycles. The Morgan fingerprint density at radius 2 is 1.71 bits per heavy atom. The van der Waals surface area contributed by atoms with Crippen molar-refractivity contribution in [2.24, 2.45) is 0 Å². The van der Waals surface area contributed by atoms with Gasteiger partial charge < -0.3 is 24.7 Å². The molecule has 0 fully saturated rings. The molecule has 1 aromatic heterocycles. The molecule has 0 aliphatic carbocycles. The van der Waals surface area contributed by atoms with E-state index >= 15 is 0 Å². The summed E-state index contributed by atoms with van der Waals surface area (Å²) >= 11 is 0. The summed E-state index contributed by atoms with van der Waals surface area (Å²) in [7, 11) is -4.57. The Labute approximate surface area is 156 Å². The molecule has 146 valence electrons. The molecule has 0 unspecified atom stereocenters. The minimum Gasteiger partial charge on any atom is -0.353 e. The maximum absolute atomic E-state index is 11.8. The van der Waals surface area contributed by atoms with Crippen LogP contribution in [0.4, 0.5) is 11.4 Å². The first-order chi connectivity index (χ1) is 13.1. The van der Waals surface area contributed by atoms with Gasteiger partial charge in [0.05, 0.1) is 21.6 Å². The molecular weight excluding hydrogens is 391 g/mol. The molecule has 0 aliphatic rings. The quantitative estimate of drug-likeness (QED) is 0.205. The van der Waals surface area contributed by atoms with Crippen LogP contribution >= 0.6 is 7.60 Å². The van der Waals surface area contributed by atoms with E-state index < -0.39 is 35.6 Å². The van der Waals surface area contributed by atoms with E-state index in [0.29, 0.717) is 5.56 Å². The predicted molar refractivity (Wildman–Crippen MR) is 101 cm³/mol. The summed E-state index contributed by atoms with van der Waals surface area (Å²) in [5.41, 5.74) is -1.71. The normalized spacial score (nSPS) is 11.5. The number of nitrogens with zero attached hydrogens (tertiary/aromatic N) is 2. The van der Waals surface area contributed by atoms with Crippen molar-refractivity contribution in [2.45, 2.75) is 6.54 Å². The van der Waals surface area contributed by atoms with Gasteiger partial charge in [-0.2, -0.15) is 0 Å². The van der Waals surface area contributed by atoms with Gasteiger partial charge in [-0.3, -0.25) is 24.3 Å². The van der Waals surface area contributed by atoms with Crippen LogP contribution in [0, 0.1) is 10.1 Å². The number of non-ortho nitro benzene ring substituents is 1. The second-order valence-electron chi connectivity index (χ2n) is 6.04. The zero-order valence-corrected chi connectivity index (χ0v) is 15.1. The summed E-state index contributed by atoms with van der Waals surface area (Å²) in [6, 6.07) is 10.8. The van der Waals surface area contributed by atoms with Gasteiger partial charge in [0.2, 0.25) is 0 Å². The van der Waals surface area contributed by atoms with Crippen LogP contribution in [0.5, 0.6) is 0 Å². The number of hydrogen-bond acceptors (Lipinski definition) is 6. The molecule has 0 atom stereocenters. The molecule has 0 bridgehead atoms. The Morgan fingerprint density at radius 3 is 2.32 bits per heavy atom. The maximum Gasteiger partial charge on any atom is 0.344 e. The number of H-pyrrole nitrogens is 2. The van der Waals surface area contributed by atoms with Crippen molar-refractivity contribution in [1.29, 1.82) is 0 Å². The van der Waals surface area contributed by atoms with Gasteiger partial charge >= 0.3 is 18.7 Å². The molecule has 4 N–H and O–H groups in total. The summed E-state index contributed by atoms with van der Waals surface area (Å²) in [6.45, 7) is 0.00335. The Kier molecular flexibility index (Phi) is 5.14. The minimum atomic E-state index is -4.57. The van der Waals surface area contributed by atoms with Crippen molar-refractivity contribution in [2.75, 3.05) is 11.2 Å². The van der Waals surface area contributed by atoms with Gasteiger partial charge in [0.15, 0.2) is 0 Å². The number of aromatic nitrogens is 2. The lowest BCUT2D eigenvalue weighted by Gasteiger charge is -2.26. The van der Waals surface area contributed by atoms with Crippen molar-refractivity contribution in [3.8, 4) is 0 Å². The van der Waals surface area contributed by atoms with Gasteiger partial charge in [-0.05, 0) is 5.56 Å². The number of nitro groups is 1. The van der Waals surface area contributed by atoms with Crippen LogP contribution < -0.4 is 16.0 Å². The highest BCUT2D eigenvalue weighted by molar-refractivity contribution is 7.51. The average Bonchev–Trinajstić information content (AvgIpc) is 2.61. The van der Waals surface area contributed by atoms with Crippen LogP contribution in [-0.4, -0.2) is 31.0 Å². The fourth-order valence-corrected chi connectivity index (χ4v) is 3.48. The third kappa shape index (κ3) is 4.34. The van der Waals surface area contributed by atoms with E-state index in [0.717, 1.165) is 12.1 Å². The van der Waals surface area contributed by atoms with Gasteiger partial charge in [0.25, 0.3) is 5.69 Å². The lowest BCUT2D eigenvalue weighted by Crippen LogP contribution is -2.30. The van der Waals surface area contributed by atoms with E-state index in [1.807, 2.05) is 0 Å². The van der Waals surface area contributed by atoms with Gasteiger partial charge in [-0.1, -0.05) is 30.3 Å². The lowest BCUT2D eigenvalue weighted by molar-refractivity contribution is -0.384. The zero-order valence-electron chi connectivity index (χ0n) is 14.2. The van der Waals surface area contributed by atoms with Crippen LogP contribution in [0.25, 0.3) is 11.0 Å². The van der Waals surface area contributed by atoms with Gasteiger partial charge in [0.1, 0.15) is 6.29 Å². The topological polar surface area (TPSA) is 170 Å². The average molecular weight is 406 g/mol. The molecule has 28 heavy (non-hydrogen) atoms. The monoisotopic (exact) mass is 406 g/mol. The lowest BCUT2D eigenvalue weighted by atomic mass is 10.1. The summed E-state index contributed by atoms with van der Waals surface area (Å²) in [5, 5.41) is 11.3. The summed E-state index contributed by atoms with van der Waals surface area (Å²) in [4.78, 5) is 58.7. The SMILES string of the molecule is O=c1[nH]c2cc([N+](=O)[O-])cc(N(Cc3ccccc3)CP(=O)(O)O)c2[nH]c1=O. The first-order valence-corrected chi connectivity index (χ1v) is 9.72. The van der Waals surface area contributed by atoms with Gasteiger partial charge in [0, 0.05) is 18.7 Å². The minimum absolute atomic E-state index is 0.00335.